The molecule has 8 N–H and O–H groups in total. The average Bonchev–Trinajstić information content (AvgIpc) is 3.08. The summed E-state index contributed by atoms with van der Waals surface area (Å²) in [5.41, 5.74) is 4.44. The molecule has 2 heterocycles. The molecular formula is C17H30N3O15P3S. The van der Waals surface area contributed by atoms with Crippen molar-refractivity contribution in [3.05, 3.63) is 22.7 Å². The van der Waals surface area contributed by atoms with Gasteiger partial charge in [0.25, 0.3) is 0 Å². The van der Waals surface area contributed by atoms with Crippen molar-refractivity contribution in [2.24, 2.45) is 5.73 Å². The fourth-order valence-corrected chi connectivity index (χ4v) is 8.01. The van der Waals surface area contributed by atoms with Gasteiger partial charge >= 0.3 is 34.9 Å². The van der Waals surface area contributed by atoms with Gasteiger partial charge in [0.1, 0.15) is 29.4 Å². The van der Waals surface area contributed by atoms with E-state index >= 15 is 0 Å². The molecular weight excluding hydrogens is 611 g/mol. The monoisotopic (exact) mass is 641 g/mol. The smallest absolute Gasteiger partial charge is 0.480 e. The van der Waals surface area contributed by atoms with Crippen LogP contribution in [0.5, 0.6) is 0 Å². The summed E-state index contributed by atoms with van der Waals surface area (Å²) in [6.07, 6.45) is -5.73. The van der Waals surface area contributed by atoms with Gasteiger partial charge in [0.15, 0.2) is 6.23 Å². The van der Waals surface area contributed by atoms with Crippen molar-refractivity contribution in [2.45, 2.75) is 61.8 Å². The number of nitrogens with two attached hydrogens (primary N) is 1. The van der Waals surface area contributed by atoms with Gasteiger partial charge in [0.2, 0.25) is 0 Å². The van der Waals surface area contributed by atoms with E-state index in [9.17, 15) is 48.2 Å². The Morgan fingerprint density at radius 3 is 2.46 bits per heavy atom. The summed E-state index contributed by atoms with van der Waals surface area (Å²) < 4.78 is 55.0. The zero-order valence-corrected chi connectivity index (χ0v) is 23.9. The fraction of sp³-hybridized carbons (Fsp3) is 0.706. The summed E-state index contributed by atoms with van der Waals surface area (Å²) >= 11 is 1.33. The van der Waals surface area contributed by atoms with Gasteiger partial charge in [-0.3, -0.25) is 18.5 Å². The number of thioether (sulfide) groups is 1. The van der Waals surface area contributed by atoms with Gasteiger partial charge < -0.3 is 40.5 Å². The first kappa shape index (κ1) is 34.2. The first-order chi connectivity index (χ1) is 18.0. The highest BCUT2D eigenvalue weighted by atomic mass is 32.2. The van der Waals surface area contributed by atoms with Crippen LogP contribution in [0.3, 0.4) is 0 Å². The fourth-order valence-electron chi connectivity index (χ4n) is 3.15. The number of phosphoric acid groups is 2. The van der Waals surface area contributed by atoms with E-state index in [2.05, 4.69) is 18.1 Å². The maximum absolute atomic E-state index is 12.3. The molecule has 1 aromatic heterocycles. The Kier molecular flexibility index (Phi) is 12.5. The maximum atomic E-state index is 12.3. The number of aliphatic hydroxyl groups excluding tert-OH is 2. The number of nitrogens with zero attached hydrogens (tertiary/aromatic N) is 2. The second-order valence-electron chi connectivity index (χ2n) is 8.19. The van der Waals surface area contributed by atoms with Gasteiger partial charge in [-0.15, -0.1) is 11.8 Å². The number of carboxylic acid groups (broad SMARTS) is 1. The summed E-state index contributed by atoms with van der Waals surface area (Å²) in [5.74, 6) is -0.666. The molecule has 5 unspecified atom stereocenters. The lowest BCUT2D eigenvalue weighted by molar-refractivity contribution is -0.138. The summed E-state index contributed by atoms with van der Waals surface area (Å²) in [4.78, 5) is 56.0. The predicted octanol–water partition coefficient (Wildman–Crippen LogP) is -0.00730. The molecule has 1 aliphatic heterocycles. The highest BCUT2D eigenvalue weighted by Crippen LogP contribution is 2.67. The van der Waals surface area contributed by atoms with Gasteiger partial charge in [-0.2, -0.15) is 9.29 Å². The zero-order valence-electron chi connectivity index (χ0n) is 20.4. The molecule has 22 heteroatoms. The van der Waals surface area contributed by atoms with Gasteiger partial charge in [0.05, 0.1) is 12.8 Å². The number of aliphatic carboxylic acids is 1. The lowest BCUT2D eigenvalue weighted by Crippen LogP contribution is -2.36. The summed E-state index contributed by atoms with van der Waals surface area (Å²) in [7, 11) is -16.1. The molecule has 39 heavy (non-hydrogen) atoms. The molecule has 2 rings (SSSR count). The second kappa shape index (κ2) is 14.2. The number of aliphatic hydroxyl groups is 2. The molecule has 0 bridgehead atoms. The molecule has 0 aliphatic carbocycles. The molecule has 0 aromatic carbocycles. The van der Waals surface area contributed by atoms with Gasteiger partial charge in [-0.25, -0.2) is 18.2 Å². The molecule has 0 amide bonds. The van der Waals surface area contributed by atoms with E-state index in [0.717, 1.165) is 11.0 Å². The Hall–Kier alpha value is -1.01. The number of ether oxygens (including phenoxy) is 1. The van der Waals surface area contributed by atoms with Crippen molar-refractivity contribution >= 4 is 41.0 Å². The van der Waals surface area contributed by atoms with Crippen molar-refractivity contribution in [2.75, 3.05) is 18.5 Å². The largest absolute Gasteiger partial charge is 0.488 e. The van der Waals surface area contributed by atoms with Crippen LogP contribution in [-0.2, 0) is 36.4 Å². The first-order valence-corrected chi connectivity index (χ1v) is 17.0. The summed E-state index contributed by atoms with van der Waals surface area (Å²) in [6, 6.07) is 0.127. The summed E-state index contributed by atoms with van der Waals surface area (Å²) in [5, 5.41) is 29.7. The molecule has 18 nitrogen and oxygen atoms in total. The van der Waals surface area contributed by atoms with Crippen LogP contribution in [-0.4, -0.2) is 88.4 Å². The SMILES string of the molecule is CCCSc1ccn([C@@H]2O[C@H](COP(=O)(O)OP(=O)(O)OP(=O)(O)CCCC(N)C(=O)O)[C@H](O)C2O)c(=O)n1. The number of hydrogen-bond acceptors (Lipinski definition) is 14. The minimum Gasteiger partial charge on any atom is -0.480 e. The van der Waals surface area contributed by atoms with Crippen molar-refractivity contribution in [3.8, 4) is 0 Å². The predicted molar refractivity (Wildman–Crippen MR) is 133 cm³/mol. The number of rotatable bonds is 16. The van der Waals surface area contributed by atoms with Crippen LogP contribution >= 0.6 is 35.0 Å². The van der Waals surface area contributed by atoms with Gasteiger partial charge in [0, 0.05) is 6.20 Å². The van der Waals surface area contributed by atoms with E-state index < -0.39 is 78.3 Å². The van der Waals surface area contributed by atoms with E-state index in [4.69, 9.17) is 15.6 Å². The Bertz CT molecular complexity index is 1200. The number of hydrogen-bond donors (Lipinski definition) is 7. The highest BCUT2D eigenvalue weighted by molar-refractivity contribution is 7.99. The van der Waals surface area contributed by atoms with E-state index in [0.29, 0.717) is 10.8 Å². The van der Waals surface area contributed by atoms with Crippen molar-refractivity contribution in [1.29, 1.82) is 0 Å². The Balaban J connectivity index is 1.96. The molecule has 0 radical (unpaired) electrons. The average molecular weight is 641 g/mol. The molecule has 1 saturated heterocycles. The molecule has 0 spiro atoms. The minimum absolute atomic E-state index is 0.276. The lowest BCUT2D eigenvalue weighted by Gasteiger charge is -2.20. The molecule has 0 saturated carbocycles. The van der Waals surface area contributed by atoms with Crippen LogP contribution in [0.25, 0.3) is 0 Å². The van der Waals surface area contributed by atoms with E-state index in [1.54, 1.807) is 0 Å². The quantitative estimate of drug-likeness (QED) is 0.0709. The Morgan fingerprint density at radius 2 is 1.87 bits per heavy atom. The van der Waals surface area contributed by atoms with Crippen LogP contribution in [0.2, 0.25) is 0 Å². The number of aromatic nitrogens is 2. The number of carbonyl (C=O) groups is 1. The zero-order chi connectivity index (χ0) is 29.6. The van der Waals surface area contributed by atoms with Crippen LogP contribution < -0.4 is 11.4 Å². The normalized spacial score (nSPS) is 26.8. The van der Waals surface area contributed by atoms with Gasteiger partial charge in [-0.1, -0.05) is 6.92 Å². The first-order valence-electron chi connectivity index (χ1n) is 11.2. The number of carboxylic acids is 1. The molecule has 1 aromatic rings. The number of phosphoric ester groups is 1. The molecule has 224 valence electrons. The second-order valence-corrected chi connectivity index (χ2v) is 14.5. The van der Waals surface area contributed by atoms with E-state index in [-0.39, 0.29) is 12.8 Å². The van der Waals surface area contributed by atoms with E-state index in [1.165, 1.54) is 24.0 Å². The third kappa shape index (κ3) is 10.7. The van der Waals surface area contributed by atoms with E-state index in [1.807, 2.05) is 6.92 Å². The van der Waals surface area contributed by atoms with Gasteiger partial charge in [-0.05, 0) is 31.1 Å². The standard InChI is InChI=1S/C17H30N3O15P3S/c1-2-8-39-12-5-6-20(17(25)19-12)15-14(22)13(21)11(33-15)9-32-37(28,29)35-38(30,31)34-36(26,27)7-3-4-10(18)16(23)24/h5-6,10-11,13-15,21-22H,2-4,7-9,18H2,1H3,(H,23,24)(H,26,27)(H,28,29)(H,30,31)/t10?,11-,13+,14?,15-/m1/s1. The van der Waals surface area contributed by atoms with Crippen LogP contribution in [0.15, 0.2) is 22.1 Å². The Labute approximate surface area is 225 Å². The molecule has 1 aliphatic rings. The molecule has 8 atom stereocenters. The highest BCUT2D eigenvalue weighted by Gasteiger charge is 2.46. The van der Waals surface area contributed by atoms with Crippen molar-refractivity contribution in [3.63, 3.8) is 0 Å². The van der Waals surface area contributed by atoms with Crippen LogP contribution in [0.1, 0.15) is 32.4 Å². The third-order valence-electron chi connectivity index (χ3n) is 4.98. The minimum atomic E-state index is -5.69. The summed E-state index contributed by atoms with van der Waals surface area (Å²) in [6.45, 7) is 0.942. The lowest BCUT2D eigenvalue weighted by atomic mass is 10.1. The maximum Gasteiger partial charge on any atom is 0.488 e. The van der Waals surface area contributed by atoms with Crippen LogP contribution in [0, 0.1) is 0 Å². The van der Waals surface area contributed by atoms with Crippen LogP contribution in [0.4, 0.5) is 0 Å². The Morgan fingerprint density at radius 1 is 1.21 bits per heavy atom. The topological polar surface area (TPSA) is 287 Å². The third-order valence-corrected chi connectivity index (χ3v) is 11.0. The molecule has 1 fully saturated rings. The van der Waals surface area contributed by atoms with Crippen molar-refractivity contribution < 1.29 is 66.4 Å². The van der Waals surface area contributed by atoms with Crippen molar-refractivity contribution in [1.82, 2.24) is 9.55 Å².